The van der Waals surface area contributed by atoms with E-state index in [1.807, 2.05) is 6.92 Å². The molecule has 18 heavy (non-hydrogen) atoms. The lowest BCUT2D eigenvalue weighted by Crippen LogP contribution is -2.16. The van der Waals surface area contributed by atoms with Gasteiger partial charge in [0.2, 0.25) is 0 Å². The van der Waals surface area contributed by atoms with E-state index in [1.54, 1.807) is 12.3 Å². The molecule has 0 aliphatic rings. The number of hydrogen-bond acceptors (Lipinski definition) is 3. The Morgan fingerprint density at radius 1 is 1.44 bits per heavy atom. The van der Waals surface area contributed by atoms with E-state index >= 15 is 0 Å². The maximum Gasteiger partial charge on any atom is 0.196 e. The number of benzene rings is 1. The van der Waals surface area contributed by atoms with Crippen LogP contribution in [0.4, 0.5) is 4.39 Å². The molecule has 0 unspecified atom stereocenters. The van der Waals surface area contributed by atoms with Crippen LogP contribution in [0.15, 0.2) is 28.8 Å². The fourth-order valence-corrected chi connectivity index (χ4v) is 1.76. The van der Waals surface area contributed by atoms with Crippen molar-refractivity contribution in [3.8, 4) is 11.3 Å². The van der Waals surface area contributed by atoms with Crippen molar-refractivity contribution in [1.82, 2.24) is 10.3 Å². The summed E-state index contributed by atoms with van der Waals surface area (Å²) in [6.45, 7) is 3.78. The van der Waals surface area contributed by atoms with E-state index in [2.05, 4.69) is 10.3 Å². The van der Waals surface area contributed by atoms with Crippen molar-refractivity contribution < 1.29 is 8.81 Å². The van der Waals surface area contributed by atoms with Gasteiger partial charge in [-0.25, -0.2) is 9.37 Å². The molecule has 1 N–H and O–H groups in total. The Balaban J connectivity index is 2.11. The number of aromatic nitrogens is 1. The first kappa shape index (κ1) is 13.1. The Labute approximate surface area is 110 Å². The zero-order chi connectivity index (χ0) is 13.0. The third kappa shape index (κ3) is 3.09. The highest BCUT2D eigenvalue weighted by atomic mass is 35.5. The summed E-state index contributed by atoms with van der Waals surface area (Å²) in [7, 11) is 0. The second-order valence-electron chi connectivity index (χ2n) is 3.85. The maximum atomic E-state index is 13.0. The molecule has 0 spiro atoms. The van der Waals surface area contributed by atoms with Gasteiger partial charge < -0.3 is 9.73 Å². The van der Waals surface area contributed by atoms with Crippen LogP contribution in [-0.4, -0.2) is 18.1 Å². The maximum absolute atomic E-state index is 13.0. The zero-order valence-electron chi connectivity index (χ0n) is 10.0. The molecule has 1 aromatic heterocycles. The quantitative estimate of drug-likeness (QED) is 0.846. The molecule has 2 rings (SSSR count). The van der Waals surface area contributed by atoms with Crippen molar-refractivity contribution in [3.63, 3.8) is 0 Å². The van der Waals surface area contributed by atoms with Crippen LogP contribution < -0.4 is 5.32 Å². The Morgan fingerprint density at radius 2 is 2.28 bits per heavy atom. The van der Waals surface area contributed by atoms with Crippen molar-refractivity contribution in [2.45, 2.75) is 13.3 Å². The molecule has 0 amide bonds. The van der Waals surface area contributed by atoms with Crippen molar-refractivity contribution in [2.24, 2.45) is 0 Å². The van der Waals surface area contributed by atoms with Gasteiger partial charge in [0.15, 0.2) is 11.7 Å². The van der Waals surface area contributed by atoms with E-state index in [0.717, 1.165) is 25.1 Å². The minimum atomic E-state index is -0.438. The van der Waals surface area contributed by atoms with E-state index in [4.69, 9.17) is 16.0 Å². The number of likely N-dealkylation sites (N-methyl/N-ethyl adjacent to an activating group) is 1. The van der Waals surface area contributed by atoms with Gasteiger partial charge in [0.05, 0.1) is 11.2 Å². The molecular formula is C13H14ClFN2O. The monoisotopic (exact) mass is 268 g/mol. The molecule has 0 bridgehead atoms. The van der Waals surface area contributed by atoms with Crippen molar-refractivity contribution in [1.29, 1.82) is 0 Å². The topological polar surface area (TPSA) is 38.1 Å². The lowest BCUT2D eigenvalue weighted by molar-refractivity contribution is 0.497. The third-order valence-electron chi connectivity index (χ3n) is 2.52. The number of nitrogens with one attached hydrogen (secondary N) is 1. The van der Waals surface area contributed by atoms with E-state index < -0.39 is 5.82 Å². The van der Waals surface area contributed by atoms with Crippen LogP contribution in [0, 0.1) is 5.82 Å². The Bertz CT molecular complexity index is 527. The lowest BCUT2D eigenvalue weighted by atomic mass is 10.2. The van der Waals surface area contributed by atoms with E-state index in [1.165, 1.54) is 12.1 Å². The first-order valence-corrected chi connectivity index (χ1v) is 6.19. The van der Waals surface area contributed by atoms with Crippen LogP contribution >= 0.6 is 11.6 Å². The SMILES string of the molecule is CCNCCc1ncc(-c2ccc(F)c(Cl)c2)o1. The fraction of sp³-hybridized carbons (Fsp3) is 0.308. The highest BCUT2D eigenvalue weighted by Gasteiger charge is 2.08. The van der Waals surface area contributed by atoms with Gasteiger partial charge in [-0.15, -0.1) is 0 Å². The Hall–Kier alpha value is -1.39. The molecule has 0 atom stereocenters. The molecule has 3 nitrogen and oxygen atoms in total. The molecule has 0 fully saturated rings. The summed E-state index contributed by atoms with van der Waals surface area (Å²) in [6.07, 6.45) is 2.35. The molecule has 2 aromatic rings. The predicted octanol–water partition coefficient (Wildman–Crippen LogP) is 3.29. The number of rotatable bonds is 5. The third-order valence-corrected chi connectivity index (χ3v) is 2.81. The lowest BCUT2D eigenvalue weighted by Gasteiger charge is -1.99. The molecular weight excluding hydrogens is 255 g/mol. The Kier molecular flexibility index (Phi) is 4.33. The second-order valence-corrected chi connectivity index (χ2v) is 4.26. The second kappa shape index (κ2) is 5.98. The summed E-state index contributed by atoms with van der Waals surface area (Å²) < 4.78 is 18.6. The van der Waals surface area contributed by atoms with Crippen LogP contribution in [0.3, 0.4) is 0 Å². The van der Waals surface area contributed by atoms with Crippen molar-refractivity contribution in [2.75, 3.05) is 13.1 Å². The van der Waals surface area contributed by atoms with E-state index in [0.29, 0.717) is 11.7 Å². The highest BCUT2D eigenvalue weighted by molar-refractivity contribution is 6.31. The smallest absolute Gasteiger partial charge is 0.196 e. The first-order valence-electron chi connectivity index (χ1n) is 5.81. The van der Waals surface area contributed by atoms with Gasteiger partial charge in [-0.05, 0) is 24.7 Å². The van der Waals surface area contributed by atoms with Gasteiger partial charge >= 0.3 is 0 Å². The van der Waals surface area contributed by atoms with Crippen molar-refractivity contribution >= 4 is 11.6 Å². The average molecular weight is 269 g/mol. The van der Waals surface area contributed by atoms with Crippen LogP contribution in [0.1, 0.15) is 12.8 Å². The van der Waals surface area contributed by atoms with E-state index in [9.17, 15) is 4.39 Å². The summed E-state index contributed by atoms with van der Waals surface area (Å²) in [6, 6.07) is 4.47. The molecule has 0 aliphatic heterocycles. The van der Waals surface area contributed by atoms with Crippen LogP contribution in [-0.2, 0) is 6.42 Å². The van der Waals surface area contributed by atoms with Gasteiger partial charge in [0.1, 0.15) is 5.82 Å². The number of nitrogens with zero attached hydrogens (tertiary/aromatic N) is 1. The van der Waals surface area contributed by atoms with Crippen LogP contribution in [0.25, 0.3) is 11.3 Å². The standard InChI is InChI=1S/C13H14ClFN2O/c1-2-16-6-5-13-17-8-12(18-13)9-3-4-11(15)10(14)7-9/h3-4,7-8,16H,2,5-6H2,1H3. The molecule has 0 saturated heterocycles. The minimum absolute atomic E-state index is 0.0816. The summed E-state index contributed by atoms with van der Waals surface area (Å²) in [5.41, 5.74) is 0.726. The van der Waals surface area contributed by atoms with E-state index in [-0.39, 0.29) is 5.02 Å². The summed E-state index contributed by atoms with van der Waals surface area (Å²) in [5.74, 6) is 0.821. The Morgan fingerprint density at radius 3 is 3.00 bits per heavy atom. The number of hydrogen-bond donors (Lipinski definition) is 1. The van der Waals surface area contributed by atoms with Gasteiger partial charge in [0.25, 0.3) is 0 Å². The molecule has 1 aromatic carbocycles. The summed E-state index contributed by atoms with van der Waals surface area (Å²) >= 11 is 5.73. The summed E-state index contributed by atoms with van der Waals surface area (Å²) in [4.78, 5) is 4.17. The van der Waals surface area contributed by atoms with Crippen molar-refractivity contribution in [3.05, 3.63) is 41.1 Å². The van der Waals surface area contributed by atoms with Gasteiger partial charge in [0, 0.05) is 18.5 Å². The minimum Gasteiger partial charge on any atom is -0.441 e. The highest BCUT2D eigenvalue weighted by Crippen LogP contribution is 2.25. The number of oxazole rings is 1. The zero-order valence-corrected chi connectivity index (χ0v) is 10.8. The summed E-state index contributed by atoms with van der Waals surface area (Å²) in [5, 5.41) is 3.27. The van der Waals surface area contributed by atoms with Crippen LogP contribution in [0.2, 0.25) is 5.02 Å². The number of halogens is 2. The largest absolute Gasteiger partial charge is 0.441 e. The predicted molar refractivity (Wildman–Crippen MR) is 69.2 cm³/mol. The first-order chi connectivity index (χ1) is 8.70. The molecule has 1 heterocycles. The van der Waals surface area contributed by atoms with Gasteiger partial charge in [-0.1, -0.05) is 18.5 Å². The molecule has 0 radical (unpaired) electrons. The molecule has 0 saturated carbocycles. The molecule has 0 aliphatic carbocycles. The molecule has 5 heteroatoms. The molecule has 96 valence electrons. The van der Waals surface area contributed by atoms with Gasteiger partial charge in [-0.3, -0.25) is 0 Å². The van der Waals surface area contributed by atoms with Gasteiger partial charge in [-0.2, -0.15) is 0 Å². The fourth-order valence-electron chi connectivity index (χ4n) is 1.58. The average Bonchev–Trinajstić information content (AvgIpc) is 2.82. The van der Waals surface area contributed by atoms with Crippen LogP contribution in [0.5, 0.6) is 0 Å². The normalized spacial score (nSPS) is 10.8.